The molecule has 1 aliphatic heterocycles. The van der Waals surface area contributed by atoms with E-state index in [2.05, 4.69) is 63.5 Å². The van der Waals surface area contributed by atoms with Gasteiger partial charge >= 0.3 is 0 Å². The first-order valence-electron chi connectivity index (χ1n) is 10.4. The molecule has 2 N–H and O–H groups in total. The predicted octanol–water partition coefficient (Wildman–Crippen LogP) is 2.99. The minimum Gasteiger partial charge on any atom is -0.373 e. The number of aryl methyl sites for hydroxylation is 1. The van der Waals surface area contributed by atoms with Crippen molar-refractivity contribution < 1.29 is 4.74 Å². The molecular formula is C21H33ClIN7O. The van der Waals surface area contributed by atoms with Crippen LogP contribution in [0.4, 0.5) is 0 Å². The molecule has 172 valence electrons. The number of aromatic nitrogens is 3. The van der Waals surface area contributed by atoms with Crippen molar-refractivity contribution in [2.75, 3.05) is 32.8 Å². The van der Waals surface area contributed by atoms with Crippen LogP contribution in [0.1, 0.15) is 38.2 Å². The number of guanidine groups is 1. The van der Waals surface area contributed by atoms with Crippen LogP contribution < -0.4 is 10.6 Å². The van der Waals surface area contributed by atoms with Crippen molar-refractivity contribution in [1.29, 1.82) is 0 Å². The van der Waals surface area contributed by atoms with Gasteiger partial charge in [0.1, 0.15) is 18.7 Å². The summed E-state index contributed by atoms with van der Waals surface area (Å²) in [6.07, 6.45) is 1.54. The molecular weight excluding hydrogens is 529 g/mol. The first-order valence-corrected chi connectivity index (χ1v) is 10.7. The van der Waals surface area contributed by atoms with Gasteiger partial charge in [-0.15, -0.1) is 24.0 Å². The fourth-order valence-corrected chi connectivity index (χ4v) is 3.74. The normalized spacial score (nSPS) is 17.6. The van der Waals surface area contributed by atoms with Crippen LogP contribution >= 0.6 is 35.6 Å². The maximum absolute atomic E-state index is 6.13. The number of nitrogens with zero attached hydrogens (tertiary/aromatic N) is 5. The highest BCUT2D eigenvalue weighted by Crippen LogP contribution is 2.27. The molecule has 0 aliphatic carbocycles. The number of benzene rings is 1. The van der Waals surface area contributed by atoms with Gasteiger partial charge in [-0.25, -0.2) is 9.98 Å². The third kappa shape index (κ3) is 7.58. The van der Waals surface area contributed by atoms with Crippen LogP contribution in [0, 0.1) is 0 Å². The fraction of sp³-hybridized carbons (Fsp3) is 0.571. The molecule has 31 heavy (non-hydrogen) atoms. The lowest BCUT2D eigenvalue weighted by molar-refractivity contribution is -0.0971. The number of hydrogen-bond acceptors (Lipinski definition) is 5. The van der Waals surface area contributed by atoms with E-state index in [1.807, 2.05) is 19.2 Å². The molecule has 10 heteroatoms. The second-order valence-electron chi connectivity index (χ2n) is 8.02. The summed E-state index contributed by atoms with van der Waals surface area (Å²) in [5.41, 5.74) is 1.04. The molecule has 1 atom stereocenters. The van der Waals surface area contributed by atoms with Crippen molar-refractivity contribution in [2.24, 2.45) is 12.0 Å². The first-order chi connectivity index (χ1) is 14.4. The zero-order valence-electron chi connectivity index (χ0n) is 18.6. The van der Waals surface area contributed by atoms with Gasteiger partial charge in [0.05, 0.1) is 18.2 Å². The molecule has 1 fully saturated rings. The zero-order chi connectivity index (χ0) is 21.6. The van der Waals surface area contributed by atoms with E-state index in [0.717, 1.165) is 43.0 Å². The maximum atomic E-state index is 6.13. The lowest BCUT2D eigenvalue weighted by atomic mass is 10.0. The lowest BCUT2D eigenvalue weighted by Gasteiger charge is -2.42. The second-order valence-corrected chi connectivity index (χ2v) is 8.46. The van der Waals surface area contributed by atoms with Crippen LogP contribution in [0.5, 0.6) is 0 Å². The van der Waals surface area contributed by atoms with Gasteiger partial charge in [0.2, 0.25) is 0 Å². The minimum absolute atomic E-state index is 0. The Morgan fingerprint density at radius 2 is 2.03 bits per heavy atom. The highest BCUT2D eigenvalue weighted by atomic mass is 127. The van der Waals surface area contributed by atoms with E-state index in [-0.39, 0.29) is 35.6 Å². The van der Waals surface area contributed by atoms with Gasteiger partial charge in [-0.2, -0.15) is 5.10 Å². The molecule has 0 radical (unpaired) electrons. The summed E-state index contributed by atoms with van der Waals surface area (Å²) in [5, 5.41) is 11.7. The number of nitrogens with one attached hydrogen (secondary N) is 2. The molecule has 0 spiro atoms. The fourth-order valence-electron chi connectivity index (χ4n) is 3.61. The third-order valence-corrected chi connectivity index (χ3v) is 5.39. The van der Waals surface area contributed by atoms with Gasteiger partial charge in [0.25, 0.3) is 0 Å². The summed E-state index contributed by atoms with van der Waals surface area (Å²) in [6, 6.07) is 8.26. The number of morpholine rings is 1. The summed E-state index contributed by atoms with van der Waals surface area (Å²) in [6.45, 7) is 10.7. The van der Waals surface area contributed by atoms with E-state index < -0.39 is 0 Å². The van der Waals surface area contributed by atoms with E-state index in [4.69, 9.17) is 16.3 Å². The summed E-state index contributed by atoms with van der Waals surface area (Å²) < 4.78 is 7.66. The third-order valence-electron chi connectivity index (χ3n) is 5.14. The van der Waals surface area contributed by atoms with Crippen LogP contribution in [0.3, 0.4) is 0 Å². The average molecular weight is 562 g/mol. The Labute approximate surface area is 206 Å². The largest absolute Gasteiger partial charge is 0.373 e. The molecule has 1 aromatic carbocycles. The van der Waals surface area contributed by atoms with Crippen LogP contribution in [0.15, 0.2) is 35.6 Å². The second kappa shape index (κ2) is 12.0. The van der Waals surface area contributed by atoms with Crippen LogP contribution in [-0.2, 0) is 18.3 Å². The lowest BCUT2D eigenvalue weighted by Crippen LogP contribution is -2.52. The average Bonchev–Trinajstić information content (AvgIpc) is 3.11. The van der Waals surface area contributed by atoms with Gasteiger partial charge < -0.3 is 15.4 Å². The Morgan fingerprint density at radius 3 is 2.65 bits per heavy atom. The molecule has 0 amide bonds. The van der Waals surface area contributed by atoms with Crippen molar-refractivity contribution >= 4 is 41.5 Å². The standard InChI is InChI=1S/C21H32ClN7O.HI/c1-5-23-20(25-13-19-26-15-27-28(19)4)24-12-18(16-6-8-17(22)9-7-16)29-10-11-30-21(2,3)14-29;/h6-9,15,18H,5,10-14H2,1-4H3,(H2,23,24,25);1H. The molecule has 1 saturated heterocycles. The summed E-state index contributed by atoms with van der Waals surface area (Å²) >= 11 is 6.13. The topological polar surface area (TPSA) is 79.6 Å². The van der Waals surface area contributed by atoms with E-state index in [1.165, 1.54) is 5.56 Å². The van der Waals surface area contributed by atoms with Crippen LogP contribution in [0.25, 0.3) is 0 Å². The van der Waals surface area contributed by atoms with Gasteiger partial charge in [0.15, 0.2) is 5.96 Å². The Morgan fingerprint density at radius 1 is 1.29 bits per heavy atom. The zero-order valence-corrected chi connectivity index (χ0v) is 21.7. The Kier molecular flexibility index (Phi) is 9.98. The Bertz CT molecular complexity index is 841. The Hall–Kier alpha value is -1.43. The molecule has 1 aliphatic rings. The van der Waals surface area contributed by atoms with E-state index in [0.29, 0.717) is 13.1 Å². The molecule has 2 heterocycles. The quantitative estimate of drug-likeness (QED) is 0.307. The highest BCUT2D eigenvalue weighted by molar-refractivity contribution is 14.0. The van der Waals surface area contributed by atoms with Gasteiger partial charge in [0, 0.05) is 38.2 Å². The highest BCUT2D eigenvalue weighted by Gasteiger charge is 2.32. The van der Waals surface area contributed by atoms with Crippen LogP contribution in [-0.4, -0.2) is 64.0 Å². The summed E-state index contributed by atoms with van der Waals surface area (Å²) in [7, 11) is 1.87. The smallest absolute Gasteiger partial charge is 0.191 e. The van der Waals surface area contributed by atoms with Crippen molar-refractivity contribution in [2.45, 2.75) is 39.0 Å². The number of rotatable bonds is 7. The van der Waals surface area contributed by atoms with Crippen molar-refractivity contribution in [3.63, 3.8) is 0 Å². The summed E-state index contributed by atoms with van der Waals surface area (Å²) in [4.78, 5) is 11.4. The van der Waals surface area contributed by atoms with E-state index >= 15 is 0 Å². The van der Waals surface area contributed by atoms with Gasteiger partial charge in [-0.1, -0.05) is 23.7 Å². The number of hydrogen-bond donors (Lipinski definition) is 2. The predicted molar refractivity (Wildman–Crippen MR) is 135 cm³/mol. The first kappa shape index (κ1) is 25.8. The molecule has 1 unspecified atom stereocenters. The summed E-state index contributed by atoms with van der Waals surface area (Å²) in [5.74, 6) is 1.57. The molecule has 3 rings (SSSR count). The molecule has 0 saturated carbocycles. The molecule has 2 aromatic rings. The van der Waals surface area contributed by atoms with Gasteiger partial charge in [-0.3, -0.25) is 9.58 Å². The monoisotopic (exact) mass is 561 g/mol. The van der Waals surface area contributed by atoms with Crippen molar-refractivity contribution in [3.05, 3.63) is 47.0 Å². The Balaban J connectivity index is 0.00000341. The van der Waals surface area contributed by atoms with Crippen molar-refractivity contribution in [3.8, 4) is 0 Å². The van der Waals surface area contributed by atoms with E-state index in [1.54, 1.807) is 11.0 Å². The molecule has 8 nitrogen and oxygen atoms in total. The van der Waals surface area contributed by atoms with Crippen molar-refractivity contribution in [1.82, 2.24) is 30.3 Å². The van der Waals surface area contributed by atoms with Gasteiger partial charge in [-0.05, 0) is 38.5 Å². The van der Waals surface area contributed by atoms with Crippen LogP contribution in [0.2, 0.25) is 5.02 Å². The molecule has 0 bridgehead atoms. The molecule has 1 aromatic heterocycles. The number of aliphatic imine (C=N–C) groups is 1. The SMILES string of the molecule is CCNC(=NCc1ncnn1C)NCC(c1ccc(Cl)cc1)N1CCOC(C)(C)C1.I. The maximum Gasteiger partial charge on any atom is 0.191 e. The van der Waals surface area contributed by atoms with E-state index in [9.17, 15) is 0 Å². The number of ether oxygens (including phenoxy) is 1. The number of halogens is 2. The minimum atomic E-state index is -0.174.